The van der Waals surface area contributed by atoms with Crippen molar-refractivity contribution in [1.82, 2.24) is 4.98 Å². The van der Waals surface area contributed by atoms with Gasteiger partial charge in [0.2, 0.25) is 0 Å². The summed E-state index contributed by atoms with van der Waals surface area (Å²) in [7, 11) is 0. The van der Waals surface area contributed by atoms with E-state index in [4.69, 9.17) is 20.4 Å². The van der Waals surface area contributed by atoms with Crippen molar-refractivity contribution < 1.29 is 14.7 Å². The van der Waals surface area contributed by atoms with E-state index < -0.39 is 0 Å². The number of aromatic nitrogens is 1. The van der Waals surface area contributed by atoms with Crippen molar-refractivity contribution >= 4 is 5.84 Å². The van der Waals surface area contributed by atoms with Gasteiger partial charge in [0.15, 0.2) is 5.84 Å². The number of nitrogens with zero attached hydrogens (tertiary/aromatic N) is 2. The van der Waals surface area contributed by atoms with Gasteiger partial charge in [-0.05, 0) is 48.9 Å². The molecule has 110 valence electrons. The van der Waals surface area contributed by atoms with E-state index in [0.29, 0.717) is 18.9 Å². The fourth-order valence-corrected chi connectivity index (χ4v) is 1.72. The van der Waals surface area contributed by atoms with E-state index in [-0.39, 0.29) is 5.84 Å². The van der Waals surface area contributed by atoms with Crippen molar-refractivity contribution in [3.05, 3.63) is 53.9 Å². The van der Waals surface area contributed by atoms with Crippen LogP contribution in [0, 0.1) is 0 Å². The molecule has 0 fully saturated rings. The van der Waals surface area contributed by atoms with Crippen molar-refractivity contribution in [3.8, 4) is 11.5 Å². The fraction of sp³-hybridized carbons (Fsp3) is 0.200. The van der Waals surface area contributed by atoms with Crippen molar-refractivity contribution in [3.63, 3.8) is 0 Å². The lowest BCUT2D eigenvalue weighted by Crippen LogP contribution is -2.15. The maximum Gasteiger partial charge on any atom is 0.188 e. The van der Waals surface area contributed by atoms with Crippen LogP contribution in [0.5, 0.6) is 11.5 Å². The van der Waals surface area contributed by atoms with Gasteiger partial charge in [0.25, 0.3) is 0 Å². The Hall–Kier alpha value is -2.76. The van der Waals surface area contributed by atoms with Gasteiger partial charge in [0, 0.05) is 6.20 Å². The Morgan fingerprint density at radius 1 is 1.19 bits per heavy atom. The van der Waals surface area contributed by atoms with Crippen molar-refractivity contribution in [1.29, 1.82) is 0 Å². The van der Waals surface area contributed by atoms with Gasteiger partial charge in [-0.1, -0.05) is 5.16 Å². The Kier molecular flexibility index (Phi) is 4.98. The van der Waals surface area contributed by atoms with Gasteiger partial charge in [-0.3, -0.25) is 4.98 Å². The molecule has 21 heavy (non-hydrogen) atoms. The number of pyridine rings is 1. The molecule has 0 aliphatic carbocycles. The van der Waals surface area contributed by atoms with Gasteiger partial charge < -0.3 is 20.4 Å². The Morgan fingerprint density at radius 2 is 1.86 bits per heavy atom. The third kappa shape index (κ3) is 4.10. The first-order valence-corrected chi connectivity index (χ1v) is 6.51. The Labute approximate surface area is 122 Å². The zero-order valence-electron chi connectivity index (χ0n) is 11.7. The molecule has 6 heteroatoms. The minimum Gasteiger partial charge on any atom is -0.494 e. The second kappa shape index (κ2) is 7.14. The molecule has 1 heterocycles. The topological polar surface area (TPSA) is 90.0 Å². The normalized spacial score (nSPS) is 11.2. The van der Waals surface area contributed by atoms with Crippen LogP contribution in [0.4, 0.5) is 0 Å². The number of nitrogens with two attached hydrogens (primary N) is 1. The second-order valence-corrected chi connectivity index (χ2v) is 4.23. The van der Waals surface area contributed by atoms with Gasteiger partial charge in [0.05, 0.1) is 6.61 Å². The van der Waals surface area contributed by atoms with Gasteiger partial charge in [-0.25, -0.2) is 0 Å². The number of rotatable bonds is 6. The molecule has 2 aromatic rings. The van der Waals surface area contributed by atoms with E-state index in [0.717, 1.165) is 17.1 Å². The zero-order chi connectivity index (χ0) is 15.1. The SMILES string of the molecule is CCOc1ccc(OCc2ccnc(C(N)=NO)c2)cc1. The molecule has 0 radical (unpaired) electrons. The molecule has 0 bridgehead atoms. The average Bonchev–Trinajstić information content (AvgIpc) is 2.54. The van der Waals surface area contributed by atoms with Crippen molar-refractivity contribution in [2.24, 2.45) is 10.9 Å². The van der Waals surface area contributed by atoms with Crippen LogP contribution in [0.25, 0.3) is 0 Å². The Balaban J connectivity index is 1.99. The Bertz CT molecular complexity index is 612. The lowest BCUT2D eigenvalue weighted by molar-refractivity contribution is 0.303. The van der Waals surface area contributed by atoms with E-state index in [1.165, 1.54) is 0 Å². The number of hydrogen-bond donors (Lipinski definition) is 2. The predicted molar refractivity (Wildman–Crippen MR) is 78.7 cm³/mol. The van der Waals surface area contributed by atoms with Crippen LogP contribution in [0.3, 0.4) is 0 Å². The number of benzene rings is 1. The highest BCUT2D eigenvalue weighted by Gasteiger charge is 2.03. The molecule has 0 spiro atoms. The number of oxime groups is 1. The molecule has 1 aromatic heterocycles. The maximum atomic E-state index is 8.64. The number of amidine groups is 1. The van der Waals surface area contributed by atoms with E-state index in [1.54, 1.807) is 12.3 Å². The minimum absolute atomic E-state index is 0.0297. The van der Waals surface area contributed by atoms with Gasteiger partial charge in [0.1, 0.15) is 23.8 Å². The smallest absolute Gasteiger partial charge is 0.188 e. The molecule has 3 N–H and O–H groups in total. The highest BCUT2D eigenvalue weighted by Crippen LogP contribution is 2.18. The second-order valence-electron chi connectivity index (χ2n) is 4.23. The summed E-state index contributed by atoms with van der Waals surface area (Å²) in [6.45, 7) is 2.93. The monoisotopic (exact) mass is 287 g/mol. The molecule has 1 aromatic carbocycles. The van der Waals surface area contributed by atoms with Crippen LogP contribution in [0.1, 0.15) is 18.2 Å². The molecule has 0 aliphatic rings. The highest BCUT2D eigenvalue weighted by atomic mass is 16.5. The standard InChI is InChI=1S/C15H17N3O3/c1-2-20-12-3-5-13(6-4-12)21-10-11-7-8-17-14(9-11)15(16)18-19/h3-9,19H,2,10H2,1H3,(H2,16,18). The maximum absolute atomic E-state index is 8.64. The van der Waals surface area contributed by atoms with Gasteiger partial charge in [-0.2, -0.15) is 0 Å². The van der Waals surface area contributed by atoms with Crippen LogP contribution < -0.4 is 15.2 Å². The van der Waals surface area contributed by atoms with Gasteiger partial charge in [-0.15, -0.1) is 0 Å². The minimum atomic E-state index is -0.0297. The van der Waals surface area contributed by atoms with E-state index in [9.17, 15) is 0 Å². The first-order chi connectivity index (χ1) is 10.2. The van der Waals surface area contributed by atoms with E-state index in [1.807, 2.05) is 37.3 Å². The quantitative estimate of drug-likeness (QED) is 0.368. The molecule has 0 atom stereocenters. The van der Waals surface area contributed by atoms with Crippen LogP contribution >= 0.6 is 0 Å². The average molecular weight is 287 g/mol. The lowest BCUT2D eigenvalue weighted by Gasteiger charge is -2.08. The molecule has 2 rings (SSSR count). The first-order valence-electron chi connectivity index (χ1n) is 6.51. The number of hydrogen-bond acceptors (Lipinski definition) is 5. The highest BCUT2D eigenvalue weighted by molar-refractivity contribution is 5.95. The van der Waals surface area contributed by atoms with Crippen LogP contribution in [0.2, 0.25) is 0 Å². The van der Waals surface area contributed by atoms with Gasteiger partial charge >= 0.3 is 0 Å². The summed E-state index contributed by atoms with van der Waals surface area (Å²) in [5, 5.41) is 11.6. The Morgan fingerprint density at radius 3 is 2.48 bits per heavy atom. The lowest BCUT2D eigenvalue weighted by atomic mass is 10.2. The van der Waals surface area contributed by atoms with E-state index >= 15 is 0 Å². The van der Waals surface area contributed by atoms with Crippen LogP contribution in [-0.4, -0.2) is 22.6 Å². The summed E-state index contributed by atoms with van der Waals surface area (Å²) in [5.41, 5.74) is 6.78. The molecule has 6 nitrogen and oxygen atoms in total. The summed E-state index contributed by atoms with van der Waals surface area (Å²) in [5.74, 6) is 1.52. The first kappa shape index (κ1) is 14.6. The van der Waals surface area contributed by atoms with Crippen molar-refractivity contribution in [2.45, 2.75) is 13.5 Å². The molecule has 0 saturated carbocycles. The summed E-state index contributed by atoms with van der Waals surface area (Å²) < 4.78 is 11.0. The van der Waals surface area contributed by atoms with E-state index in [2.05, 4.69) is 10.1 Å². The molecule has 0 aliphatic heterocycles. The molecular weight excluding hydrogens is 270 g/mol. The molecular formula is C15H17N3O3. The third-order valence-corrected chi connectivity index (χ3v) is 2.73. The van der Waals surface area contributed by atoms with Crippen LogP contribution in [-0.2, 0) is 6.61 Å². The summed E-state index contributed by atoms with van der Waals surface area (Å²) >= 11 is 0. The molecule has 0 unspecified atom stereocenters. The number of ether oxygens (including phenoxy) is 2. The summed E-state index contributed by atoms with van der Waals surface area (Å²) in [6.07, 6.45) is 1.59. The summed E-state index contributed by atoms with van der Waals surface area (Å²) in [4.78, 5) is 4.01. The van der Waals surface area contributed by atoms with Crippen LogP contribution in [0.15, 0.2) is 47.8 Å². The predicted octanol–water partition coefficient (Wildman–Crippen LogP) is 2.15. The fourth-order valence-electron chi connectivity index (χ4n) is 1.72. The largest absolute Gasteiger partial charge is 0.494 e. The molecule has 0 amide bonds. The van der Waals surface area contributed by atoms with Crippen molar-refractivity contribution in [2.75, 3.05) is 6.61 Å². The molecule has 0 saturated heterocycles. The summed E-state index contributed by atoms with van der Waals surface area (Å²) in [6, 6.07) is 10.9. The zero-order valence-corrected chi connectivity index (χ0v) is 11.7. The third-order valence-electron chi connectivity index (χ3n) is 2.73.